The van der Waals surface area contributed by atoms with E-state index in [2.05, 4.69) is 5.32 Å². The molecule has 41 heavy (non-hydrogen) atoms. The highest BCUT2D eigenvalue weighted by Gasteiger charge is 2.20. The number of hydrogen-bond acceptors (Lipinski definition) is 6. The first-order valence-corrected chi connectivity index (χ1v) is 13.2. The van der Waals surface area contributed by atoms with Crippen molar-refractivity contribution < 1.29 is 24.2 Å². The third-order valence-electron chi connectivity index (χ3n) is 6.55. The first kappa shape index (κ1) is 29.7. The second-order valence-electron chi connectivity index (χ2n) is 10.8. The Hall–Kier alpha value is -4.23. The molecule has 5 aromatic carbocycles. The predicted octanol–water partition coefficient (Wildman–Crippen LogP) is 7.27. The number of esters is 2. The van der Waals surface area contributed by atoms with Gasteiger partial charge < -0.3 is 19.9 Å². The lowest BCUT2D eigenvalue weighted by atomic mass is 10.1. The van der Waals surface area contributed by atoms with E-state index in [9.17, 15) is 14.7 Å². The molecule has 0 spiro atoms. The molecule has 0 saturated carbocycles. The fraction of sp³-hybridized carbons (Fsp3) is 0.176. The van der Waals surface area contributed by atoms with Crippen molar-refractivity contribution in [1.29, 1.82) is 0 Å². The SMILES string of the molecule is CC(C)(C)NCC(O)c1ccc(OC(=O)c2ccc3ccccc3c2)c(OC(=O)c2ccc3ccccc3c2)c1.Cl. The summed E-state index contributed by atoms with van der Waals surface area (Å²) in [6, 6.07) is 30.8. The highest BCUT2D eigenvalue weighted by molar-refractivity contribution is 5.98. The Morgan fingerprint density at radius 1 is 0.683 bits per heavy atom. The number of benzene rings is 5. The molecule has 0 amide bonds. The number of carbonyl (C=O) groups is 2. The summed E-state index contributed by atoms with van der Waals surface area (Å²) in [6.07, 6.45) is -0.873. The Balaban J connectivity index is 0.00000387. The molecule has 0 aliphatic heterocycles. The molecule has 2 N–H and O–H groups in total. The Labute approximate surface area is 245 Å². The number of carbonyl (C=O) groups excluding carboxylic acids is 2. The molecule has 0 bridgehead atoms. The maximum atomic E-state index is 13.2. The molecule has 6 nitrogen and oxygen atoms in total. The van der Waals surface area contributed by atoms with Gasteiger partial charge in [-0.3, -0.25) is 0 Å². The average molecular weight is 570 g/mol. The number of hydrogen-bond donors (Lipinski definition) is 2. The Morgan fingerprint density at radius 3 is 1.68 bits per heavy atom. The Morgan fingerprint density at radius 2 is 1.17 bits per heavy atom. The number of halogens is 1. The normalized spacial score (nSPS) is 12.0. The zero-order valence-corrected chi connectivity index (χ0v) is 23.9. The lowest BCUT2D eigenvalue weighted by Crippen LogP contribution is -2.38. The van der Waals surface area contributed by atoms with Gasteiger partial charge in [-0.1, -0.05) is 66.7 Å². The minimum atomic E-state index is -0.873. The minimum absolute atomic E-state index is 0. The Kier molecular flexibility index (Phi) is 9.08. The first-order chi connectivity index (χ1) is 19.2. The highest BCUT2D eigenvalue weighted by Crippen LogP contribution is 2.33. The summed E-state index contributed by atoms with van der Waals surface area (Å²) >= 11 is 0. The standard InChI is InChI=1S/C34H31NO5.ClH/c1-34(2,3)35-21-29(36)26-16-17-30(39-32(37)27-14-12-22-8-4-6-10-24(22)18-27)31(20-26)40-33(38)28-15-13-23-9-5-7-11-25(23)19-28;/h4-20,29,35-36H,21H2,1-3H3;1H. The topological polar surface area (TPSA) is 84.9 Å². The highest BCUT2D eigenvalue weighted by atomic mass is 35.5. The van der Waals surface area contributed by atoms with Gasteiger partial charge in [-0.15, -0.1) is 12.4 Å². The third kappa shape index (κ3) is 7.30. The van der Waals surface area contributed by atoms with Crippen LogP contribution in [0.2, 0.25) is 0 Å². The van der Waals surface area contributed by atoms with Crippen LogP contribution in [0.1, 0.15) is 53.2 Å². The summed E-state index contributed by atoms with van der Waals surface area (Å²) in [7, 11) is 0. The number of β-amino-alcohol motifs (C(OH)–C–C–N with tert-alkyl or cyclic N) is 1. The van der Waals surface area contributed by atoms with E-state index in [1.807, 2.05) is 81.4 Å². The number of fused-ring (bicyclic) bond motifs is 2. The number of aliphatic hydroxyl groups excluding tert-OH is 1. The summed E-state index contributed by atoms with van der Waals surface area (Å²) in [6.45, 7) is 6.31. The fourth-order valence-electron chi connectivity index (χ4n) is 4.37. The second-order valence-corrected chi connectivity index (χ2v) is 10.8. The summed E-state index contributed by atoms with van der Waals surface area (Å²) in [5.74, 6) is -1.07. The molecule has 0 radical (unpaired) electrons. The van der Waals surface area contributed by atoms with Gasteiger partial charge in [0, 0.05) is 12.1 Å². The van der Waals surface area contributed by atoms with E-state index < -0.39 is 18.0 Å². The van der Waals surface area contributed by atoms with Crippen molar-refractivity contribution in [3.05, 3.63) is 120 Å². The number of nitrogens with one attached hydrogen (secondary N) is 1. The van der Waals surface area contributed by atoms with E-state index >= 15 is 0 Å². The monoisotopic (exact) mass is 569 g/mol. The van der Waals surface area contributed by atoms with Crippen LogP contribution in [0.5, 0.6) is 11.5 Å². The van der Waals surface area contributed by atoms with Gasteiger partial charge in [-0.25, -0.2) is 9.59 Å². The third-order valence-corrected chi connectivity index (χ3v) is 6.55. The van der Waals surface area contributed by atoms with Crippen LogP contribution in [-0.2, 0) is 0 Å². The van der Waals surface area contributed by atoms with E-state index in [0.717, 1.165) is 21.5 Å². The number of ether oxygens (including phenoxy) is 2. The van der Waals surface area contributed by atoms with Crippen LogP contribution in [0, 0.1) is 0 Å². The van der Waals surface area contributed by atoms with Gasteiger partial charge >= 0.3 is 11.9 Å². The van der Waals surface area contributed by atoms with E-state index in [4.69, 9.17) is 9.47 Å². The first-order valence-electron chi connectivity index (χ1n) is 13.2. The van der Waals surface area contributed by atoms with Crippen molar-refractivity contribution in [1.82, 2.24) is 5.32 Å². The van der Waals surface area contributed by atoms with E-state index in [-0.39, 0.29) is 36.0 Å². The van der Waals surface area contributed by atoms with E-state index in [1.165, 1.54) is 12.1 Å². The van der Waals surface area contributed by atoms with Gasteiger partial charge in [0.15, 0.2) is 11.5 Å². The van der Waals surface area contributed by atoms with Crippen LogP contribution >= 0.6 is 12.4 Å². The molecule has 5 rings (SSSR count). The molecule has 0 heterocycles. The number of rotatable bonds is 7. The lowest BCUT2D eigenvalue weighted by Gasteiger charge is -2.23. The predicted molar refractivity (Wildman–Crippen MR) is 164 cm³/mol. The van der Waals surface area contributed by atoms with Crippen LogP contribution < -0.4 is 14.8 Å². The molecule has 0 aliphatic carbocycles. The van der Waals surface area contributed by atoms with Gasteiger partial charge in [-0.2, -0.15) is 0 Å². The molecule has 0 fully saturated rings. The van der Waals surface area contributed by atoms with Crippen molar-refractivity contribution in [2.24, 2.45) is 0 Å². The molecule has 1 unspecified atom stereocenters. The van der Waals surface area contributed by atoms with Crippen molar-refractivity contribution in [2.75, 3.05) is 6.54 Å². The molecular formula is C34H32ClNO5. The average Bonchev–Trinajstić information content (AvgIpc) is 2.95. The van der Waals surface area contributed by atoms with Crippen LogP contribution in [0.4, 0.5) is 0 Å². The van der Waals surface area contributed by atoms with Crippen LogP contribution in [-0.4, -0.2) is 29.1 Å². The summed E-state index contributed by atoms with van der Waals surface area (Å²) in [5, 5.41) is 17.9. The zero-order chi connectivity index (χ0) is 28.3. The van der Waals surface area contributed by atoms with Gasteiger partial charge in [-0.05, 0) is 84.3 Å². The van der Waals surface area contributed by atoms with Gasteiger partial charge in [0.05, 0.1) is 17.2 Å². The molecule has 0 saturated heterocycles. The molecule has 7 heteroatoms. The van der Waals surface area contributed by atoms with Crippen LogP contribution in [0.25, 0.3) is 21.5 Å². The lowest BCUT2D eigenvalue weighted by molar-refractivity contribution is 0.0681. The summed E-state index contributed by atoms with van der Waals surface area (Å²) in [5.41, 5.74) is 1.04. The van der Waals surface area contributed by atoms with E-state index in [0.29, 0.717) is 16.7 Å². The molecule has 5 aromatic rings. The van der Waals surface area contributed by atoms with Crippen molar-refractivity contribution in [3.63, 3.8) is 0 Å². The smallest absolute Gasteiger partial charge is 0.343 e. The van der Waals surface area contributed by atoms with E-state index in [1.54, 1.807) is 30.3 Å². The van der Waals surface area contributed by atoms with Crippen molar-refractivity contribution >= 4 is 45.9 Å². The summed E-state index contributed by atoms with van der Waals surface area (Å²) < 4.78 is 11.5. The maximum absolute atomic E-state index is 13.2. The van der Waals surface area contributed by atoms with Gasteiger partial charge in [0.25, 0.3) is 0 Å². The fourth-order valence-corrected chi connectivity index (χ4v) is 4.37. The molecular weight excluding hydrogens is 538 g/mol. The Bertz CT molecular complexity index is 1710. The zero-order valence-electron chi connectivity index (χ0n) is 23.1. The molecule has 1 atom stereocenters. The second kappa shape index (κ2) is 12.5. The molecule has 210 valence electrons. The minimum Gasteiger partial charge on any atom is -0.419 e. The van der Waals surface area contributed by atoms with Gasteiger partial charge in [0.2, 0.25) is 0 Å². The quantitative estimate of drug-likeness (QED) is 0.158. The molecule has 0 aliphatic rings. The van der Waals surface area contributed by atoms with Gasteiger partial charge in [0.1, 0.15) is 0 Å². The number of aliphatic hydroxyl groups is 1. The summed E-state index contributed by atoms with van der Waals surface area (Å²) in [4.78, 5) is 26.3. The largest absolute Gasteiger partial charge is 0.419 e. The molecule has 0 aromatic heterocycles. The van der Waals surface area contributed by atoms with Crippen LogP contribution in [0.15, 0.2) is 103 Å². The van der Waals surface area contributed by atoms with Crippen LogP contribution in [0.3, 0.4) is 0 Å². The van der Waals surface area contributed by atoms with Crippen molar-refractivity contribution in [2.45, 2.75) is 32.4 Å². The van der Waals surface area contributed by atoms with Crippen molar-refractivity contribution in [3.8, 4) is 11.5 Å². The maximum Gasteiger partial charge on any atom is 0.343 e.